The molecule has 0 saturated heterocycles. The van der Waals surface area contributed by atoms with E-state index in [0.29, 0.717) is 0 Å². The maximum atomic E-state index is 10.3. The van der Waals surface area contributed by atoms with Crippen molar-refractivity contribution < 1.29 is 14.6 Å². The summed E-state index contributed by atoms with van der Waals surface area (Å²) in [6, 6.07) is 10.0. The lowest BCUT2D eigenvalue weighted by molar-refractivity contribution is -0.117. The standard InChI is InChI=1S/C16H24O3/c1-12(2)16(19-11-18-4)15(17)10-13(3)14-8-6-5-7-9-14/h5-10,12,15-17H,11H2,1-4H3/b13-10+/t15-,16-/m0/s1. The third kappa shape index (κ3) is 5.15. The van der Waals surface area contributed by atoms with Gasteiger partial charge in [0.15, 0.2) is 0 Å². The van der Waals surface area contributed by atoms with E-state index in [9.17, 15) is 5.11 Å². The van der Waals surface area contributed by atoms with Gasteiger partial charge in [-0.3, -0.25) is 0 Å². The van der Waals surface area contributed by atoms with Crippen molar-refractivity contribution in [3.63, 3.8) is 0 Å². The van der Waals surface area contributed by atoms with Crippen molar-refractivity contribution in [2.75, 3.05) is 13.9 Å². The van der Waals surface area contributed by atoms with Crippen molar-refractivity contribution >= 4 is 5.57 Å². The molecular formula is C16H24O3. The van der Waals surface area contributed by atoms with E-state index in [1.54, 1.807) is 7.11 Å². The Labute approximate surface area is 115 Å². The first kappa shape index (κ1) is 15.9. The Balaban J connectivity index is 2.77. The van der Waals surface area contributed by atoms with Crippen molar-refractivity contribution in [3.05, 3.63) is 42.0 Å². The van der Waals surface area contributed by atoms with Crippen LogP contribution in [0.5, 0.6) is 0 Å². The van der Waals surface area contributed by atoms with Crippen LogP contribution >= 0.6 is 0 Å². The summed E-state index contributed by atoms with van der Waals surface area (Å²) >= 11 is 0. The Morgan fingerprint density at radius 1 is 1.26 bits per heavy atom. The fraction of sp³-hybridized carbons (Fsp3) is 0.500. The molecule has 0 aliphatic rings. The van der Waals surface area contributed by atoms with Gasteiger partial charge < -0.3 is 14.6 Å². The van der Waals surface area contributed by atoms with Crippen molar-refractivity contribution in [3.8, 4) is 0 Å². The second-order valence-corrected chi connectivity index (χ2v) is 4.99. The minimum atomic E-state index is -0.643. The summed E-state index contributed by atoms with van der Waals surface area (Å²) in [5.41, 5.74) is 2.15. The molecule has 1 N–H and O–H groups in total. The highest BCUT2D eigenvalue weighted by atomic mass is 16.7. The second kappa shape index (κ2) is 8.10. The average Bonchev–Trinajstić information content (AvgIpc) is 2.39. The number of rotatable bonds is 7. The molecule has 1 rings (SSSR count). The van der Waals surface area contributed by atoms with Crippen LogP contribution in [0.2, 0.25) is 0 Å². The normalized spacial score (nSPS) is 15.6. The maximum absolute atomic E-state index is 10.3. The summed E-state index contributed by atoms with van der Waals surface area (Å²) < 4.78 is 10.4. The van der Waals surface area contributed by atoms with Crippen LogP contribution in [0.25, 0.3) is 5.57 Å². The molecule has 1 aromatic rings. The fourth-order valence-corrected chi connectivity index (χ4v) is 1.98. The van der Waals surface area contributed by atoms with Crippen molar-refractivity contribution in [2.24, 2.45) is 5.92 Å². The number of hydrogen-bond acceptors (Lipinski definition) is 3. The Morgan fingerprint density at radius 2 is 1.89 bits per heavy atom. The van der Waals surface area contributed by atoms with E-state index < -0.39 is 6.10 Å². The SMILES string of the molecule is COCO[C@@H](C(C)C)[C@@H](O)/C=C(\C)c1ccccc1. The Morgan fingerprint density at radius 3 is 2.42 bits per heavy atom. The molecule has 0 heterocycles. The fourth-order valence-electron chi connectivity index (χ4n) is 1.98. The van der Waals surface area contributed by atoms with Gasteiger partial charge in [-0.1, -0.05) is 50.3 Å². The van der Waals surface area contributed by atoms with E-state index in [1.807, 2.05) is 57.2 Å². The first-order chi connectivity index (χ1) is 9.06. The van der Waals surface area contributed by atoms with Crippen molar-refractivity contribution in [1.82, 2.24) is 0 Å². The van der Waals surface area contributed by atoms with Gasteiger partial charge >= 0.3 is 0 Å². The quantitative estimate of drug-likeness (QED) is 0.769. The van der Waals surface area contributed by atoms with E-state index in [2.05, 4.69) is 0 Å². The van der Waals surface area contributed by atoms with Gasteiger partial charge in [-0.05, 0) is 24.0 Å². The second-order valence-electron chi connectivity index (χ2n) is 4.99. The number of benzene rings is 1. The van der Waals surface area contributed by atoms with Gasteiger partial charge in [0.05, 0.1) is 12.2 Å². The molecule has 2 atom stereocenters. The van der Waals surface area contributed by atoms with Crippen molar-refractivity contribution in [1.29, 1.82) is 0 Å². The molecule has 3 nitrogen and oxygen atoms in total. The molecule has 19 heavy (non-hydrogen) atoms. The van der Waals surface area contributed by atoms with E-state index in [-0.39, 0.29) is 18.8 Å². The molecule has 0 amide bonds. The highest BCUT2D eigenvalue weighted by Gasteiger charge is 2.22. The zero-order valence-corrected chi connectivity index (χ0v) is 12.2. The topological polar surface area (TPSA) is 38.7 Å². The maximum Gasteiger partial charge on any atom is 0.146 e. The van der Waals surface area contributed by atoms with Crippen LogP contribution in [-0.2, 0) is 9.47 Å². The third-order valence-electron chi connectivity index (χ3n) is 3.02. The summed E-state index contributed by atoms with van der Waals surface area (Å²) in [6.45, 7) is 6.23. The van der Waals surface area contributed by atoms with E-state index >= 15 is 0 Å². The van der Waals surface area contributed by atoms with Crippen LogP contribution < -0.4 is 0 Å². The molecule has 0 aliphatic carbocycles. The predicted molar refractivity (Wildman–Crippen MR) is 77.7 cm³/mol. The third-order valence-corrected chi connectivity index (χ3v) is 3.02. The lowest BCUT2D eigenvalue weighted by Crippen LogP contribution is -2.33. The molecule has 0 aromatic heterocycles. The smallest absolute Gasteiger partial charge is 0.146 e. The average molecular weight is 264 g/mol. The van der Waals surface area contributed by atoms with Crippen LogP contribution in [0.15, 0.2) is 36.4 Å². The number of methoxy groups -OCH3 is 1. The summed E-state index contributed by atoms with van der Waals surface area (Å²) in [5, 5.41) is 10.3. The molecule has 3 heteroatoms. The van der Waals surface area contributed by atoms with Gasteiger partial charge in [-0.15, -0.1) is 0 Å². The van der Waals surface area contributed by atoms with Gasteiger partial charge in [0.2, 0.25) is 0 Å². The molecule has 0 unspecified atom stereocenters. The first-order valence-corrected chi connectivity index (χ1v) is 6.58. The van der Waals surface area contributed by atoms with E-state index in [1.165, 1.54) is 0 Å². The predicted octanol–water partition coefficient (Wildman–Crippen LogP) is 3.10. The van der Waals surface area contributed by atoms with Crippen LogP contribution in [0.3, 0.4) is 0 Å². The molecular weight excluding hydrogens is 240 g/mol. The molecule has 106 valence electrons. The lowest BCUT2D eigenvalue weighted by atomic mass is 9.98. The van der Waals surface area contributed by atoms with Crippen LogP contribution in [0, 0.1) is 5.92 Å². The van der Waals surface area contributed by atoms with Crippen LogP contribution in [0.1, 0.15) is 26.3 Å². The molecule has 0 spiro atoms. The summed E-state index contributed by atoms with van der Waals surface area (Å²) in [4.78, 5) is 0. The Hall–Kier alpha value is -1.16. The highest BCUT2D eigenvalue weighted by Crippen LogP contribution is 2.18. The van der Waals surface area contributed by atoms with E-state index in [4.69, 9.17) is 9.47 Å². The van der Waals surface area contributed by atoms with E-state index in [0.717, 1.165) is 11.1 Å². The van der Waals surface area contributed by atoms with Crippen molar-refractivity contribution in [2.45, 2.75) is 33.0 Å². The molecule has 1 aromatic carbocycles. The summed E-state index contributed by atoms with van der Waals surface area (Å²) in [5.74, 6) is 0.213. The number of aliphatic hydroxyl groups excluding tert-OH is 1. The minimum absolute atomic E-state index is 0.193. The van der Waals surface area contributed by atoms with Crippen LogP contribution in [-0.4, -0.2) is 31.2 Å². The van der Waals surface area contributed by atoms with Gasteiger partial charge in [0.25, 0.3) is 0 Å². The first-order valence-electron chi connectivity index (χ1n) is 6.58. The lowest BCUT2D eigenvalue weighted by Gasteiger charge is -2.24. The molecule has 0 saturated carbocycles. The summed E-state index contributed by atoms with van der Waals surface area (Å²) in [6.07, 6.45) is 0.935. The molecule has 0 bridgehead atoms. The number of hydrogen-bond donors (Lipinski definition) is 1. The zero-order valence-electron chi connectivity index (χ0n) is 12.2. The zero-order chi connectivity index (χ0) is 14.3. The number of ether oxygens (including phenoxy) is 2. The monoisotopic (exact) mass is 264 g/mol. The largest absolute Gasteiger partial charge is 0.386 e. The molecule has 0 fully saturated rings. The number of allylic oxidation sites excluding steroid dienone is 1. The molecule has 0 aliphatic heterocycles. The number of aliphatic hydroxyl groups is 1. The minimum Gasteiger partial charge on any atom is -0.386 e. The van der Waals surface area contributed by atoms with Gasteiger partial charge in [-0.2, -0.15) is 0 Å². The summed E-state index contributed by atoms with van der Waals surface area (Å²) in [7, 11) is 1.58. The Bertz CT molecular complexity index is 384. The van der Waals surface area contributed by atoms with Gasteiger partial charge in [-0.25, -0.2) is 0 Å². The Kier molecular flexibility index (Phi) is 6.78. The van der Waals surface area contributed by atoms with Crippen LogP contribution in [0.4, 0.5) is 0 Å². The highest BCUT2D eigenvalue weighted by molar-refractivity contribution is 5.63. The van der Waals surface area contributed by atoms with Gasteiger partial charge in [0, 0.05) is 7.11 Å². The van der Waals surface area contributed by atoms with Gasteiger partial charge in [0.1, 0.15) is 6.79 Å². The molecule has 0 radical (unpaired) electrons.